The summed E-state index contributed by atoms with van der Waals surface area (Å²) < 4.78 is 8.90. The van der Waals surface area contributed by atoms with Crippen molar-refractivity contribution in [1.82, 2.24) is 38.2 Å². The highest BCUT2D eigenvalue weighted by Gasteiger charge is 2.52. The van der Waals surface area contributed by atoms with Crippen LogP contribution in [0.15, 0.2) is 147 Å². The van der Waals surface area contributed by atoms with Gasteiger partial charge >= 0.3 is 0 Å². The third-order valence-corrected chi connectivity index (χ3v) is 18.7. The molecule has 0 spiro atoms. The lowest BCUT2D eigenvalue weighted by Crippen LogP contribution is -2.48. The Morgan fingerprint density at radius 2 is 0.556 bits per heavy atom. The number of hydrogen-bond donors (Lipinski definition) is 4. The quantitative estimate of drug-likeness (QED) is 0.136. The van der Waals surface area contributed by atoms with Gasteiger partial charge in [-0.3, -0.25) is 0 Å². The van der Waals surface area contributed by atoms with E-state index < -0.39 is 22.4 Å². The van der Waals surface area contributed by atoms with Crippen LogP contribution < -0.4 is 0 Å². The minimum atomic E-state index is -0.538. The van der Waals surface area contributed by atoms with Gasteiger partial charge in [0.05, 0.1) is 119 Å². The number of imidazole rings is 4. The van der Waals surface area contributed by atoms with Crippen molar-refractivity contribution < 1.29 is 20.4 Å². The Labute approximate surface area is 420 Å². The number of hydrogen-bond acceptors (Lipinski definition) is 8. The Morgan fingerprint density at radius 1 is 0.347 bits per heavy atom. The fourth-order valence-electron chi connectivity index (χ4n) is 14.0. The molecule has 0 saturated heterocycles. The zero-order valence-corrected chi connectivity index (χ0v) is 41.5. The second kappa shape index (κ2) is 16.5. The Balaban J connectivity index is 0.0000000933. The molecule has 0 bridgehead atoms. The SMILES string of the molecule is C[C@@]1(O)CC[C@@H]1[C@H]1c2ccccc2-c2cncn21.C[C@@]1(O)CC[C@H]1[C@H]1c2ccccc2-c2cncn21.C[C@]1(O)CC[C@@H]1[C@@H]1c2ccccc2-c2cncn21.C[C@]1(O)CC[C@H]1[C@@H]1c2ccccc2-c2cncn21. The van der Waals surface area contributed by atoms with Crippen molar-refractivity contribution in [3.8, 4) is 45.0 Å². The largest absolute Gasteiger partial charge is 0.390 e. The molecule has 72 heavy (non-hydrogen) atoms. The first kappa shape index (κ1) is 45.4. The molecule has 4 aliphatic heterocycles. The molecule has 368 valence electrons. The van der Waals surface area contributed by atoms with E-state index in [2.05, 4.69) is 135 Å². The van der Waals surface area contributed by atoms with Gasteiger partial charge in [0.25, 0.3) is 0 Å². The van der Waals surface area contributed by atoms with E-state index in [9.17, 15) is 20.4 Å². The molecule has 0 amide bonds. The molecule has 4 aliphatic carbocycles. The highest BCUT2D eigenvalue weighted by Crippen LogP contribution is 2.56. The van der Waals surface area contributed by atoms with Crippen molar-refractivity contribution in [1.29, 1.82) is 0 Å². The summed E-state index contributed by atoms with van der Waals surface area (Å²) in [5.41, 5.74) is 13.0. The Morgan fingerprint density at radius 3 is 0.736 bits per heavy atom. The normalized spacial score (nSPS) is 32.8. The standard InChI is InChI=1S/4C15H16N2O/c4*1-15(18)7-6-12(15)14-11-5-3-2-4-10(11)13-8-16-9-17(13)14/h4*2-5,8-9,12,14,18H,6-7H2,1H3/t2*12-,14+,15+;2*12-,14-,15-/m1010/s1. The van der Waals surface area contributed by atoms with Crippen molar-refractivity contribution in [3.05, 3.63) is 169 Å². The minimum absolute atomic E-state index is 0.252. The Hall–Kier alpha value is -6.44. The van der Waals surface area contributed by atoms with Crippen LogP contribution in [-0.4, -0.2) is 81.0 Å². The van der Waals surface area contributed by atoms with E-state index in [4.69, 9.17) is 0 Å². The molecular weight excluding hydrogens is 897 g/mol. The number of fused-ring (bicyclic) bond motifs is 12. The maximum atomic E-state index is 10.4. The molecule has 4 N–H and O–H groups in total. The second-order valence-corrected chi connectivity index (χ2v) is 22.9. The van der Waals surface area contributed by atoms with Crippen molar-refractivity contribution in [3.63, 3.8) is 0 Å². The average Bonchev–Trinajstić information content (AvgIpc) is 4.25. The van der Waals surface area contributed by atoms with E-state index in [1.165, 1.54) is 67.3 Å². The summed E-state index contributed by atoms with van der Waals surface area (Å²) in [7, 11) is 0. The molecule has 12 heteroatoms. The zero-order valence-electron chi connectivity index (χ0n) is 41.5. The summed E-state index contributed by atoms with van der Waals surface area (Å²) in [4.78, 5) is 17.1. The van der Waals surface area contributed by atoms with Crippen LogP contribution in [0.4, 0.5) is 0 Å². The lowest BCUT2D eigenvalue weighted by atomic mass is 9.65. The highest BCUT2D eigenvalue weighted by molar-refractivity contribution is 5.72. The number of nitrogens with zero attached hydrogens (tertiary/aromatic N) is 8. The molecule has 8 heterocycles. The van der Waals surface area contributed by atoms with Crippen molar-refractivity contribution in [2.24, 2.45) is 23.7 Å². The smallest absolute Gasteiger partial charge is 0.0956 e. The van der Waals surface area contributed by atoms with Gasteiger partial charge in [0, 0.05) is 45.9 Å². The maximum Gasteiger partial charge on any atom is 0.0956 e. The minimum Gasteiger partial charge on any atom is -0.390 e. The second-order valence-electron chi connectivity index (χ2n) is 22.9. The molecule has 12 atom stereocenters. The molecule has 8 aliphatic rings. The number of aromatic nitrogens is 8. The molecule has 4 aromatic heterocycles. The van der Waals surface area contributed by atoms with Crippen LogP contribution in [-0.2, 0) is 0 Å². The van der Waals surface area contributed by atoms with Crippen LogP contribution in [0.25, 0.3) is 45.0 Å². The van der Waals surface area contributed by atoms with Crippen molar-refractivity contribution >= 4 is 0 Å². The van der Waals surface area contributed by atoms with Crippen molar-refractivity contribution in [2.75, 3.05) is 0 Å². The molecular formula is C60H64N8O4. The molecule has 12 nitrogen and oxygen atoms in total. The van der Waals surface area contributed by atoms with Gasteiger partial charge in [-0.2, -0.15) is 0 Å². The van der Waals surface area contributed by atoms with Crippen molar-refractivity contribution in [2.45, 2.75) is 126 Å². The Bertz CT molecular complexity index is 2900. The molecule has 4 saturated carbocycles. The summed E-state index contributed by atoms with van der Waals surface area (Å²) in [6.07, 6.45) is 23.2. The molecule has 0 unspecified atom stereocenters. The van der Waals surface area contributed by atoms with Crippen LogP contribution in [0, 0.1) is 23.7 Å². The van der Waals surface area contributed by atoms with E-state index in [1.807, 2.05) is 77.8 Å². The zero-order chi connectivity index (χ0) is 49.3. The van der Waals surface area contributed by atoms with Crippen LogP contribution in [0.1, 0.15) is 125 Å². The van der Waals surface area contributed by atoms with E-state index in [-0.39, 0.29) is 24.2 Å². The van der Waals surface area contributed by atoms with E-state index in [0.717, 1.165) is 51.4 Å². The third kappa shape index (κ3) is 6.92. The van der Waals surface area contributed by atoms with Gasteiger partial charge in [-0.1, -0.05) is 97.1 Å². The topological polar surface area (TPSA) is 152 Å². The van der Waals surface area contributed by atoms with Gasteiger partial charge < -0.3 is 38.7 Å². The van der Waals surface area contributed by atoms with Gasteiger partial charge in [0.15, 0.2) is 0 Å². The van der Waals surface area contributed by atoms with Gasteiger partial charge in [-0.25, -0.2) is 19.9 Å². The summed E-state index contributed by atoms with van der Waals surface area (Å²) in [6, 6.07) is 34.9. The predicted molar refractivity (Wildman–Crippen MR) is 277 cm³/mol. The van der Waals surface area contributed by atoms with Crippen LogP contribution in [0.5, 0.6) is 0 Å². The Kier molecular flexibility index (Phi) is 10.4. The van der Waals surface area contributed by atoms with Crippen LogP contribution in [0.2, 0.25) is 0 Å². The van der Waals surface area contributed by atoms with Gasteiger partial charge in [0.1, 0.15) is 0 Å². The van der Waals surface area contributed by atoms with Crippen LogP contribution >= 0.6 is 0 Å². The third-order valence-electron chi connectivity index (χ3n) is 18.7. The van der Waals surface area contributed by atoms with E-state index >= 15 is 0 Å². The molecule has 16 rings (SSSR count). The molecule has 4 aromatic carbocycles. The van der Waals surface area contributed by atoms with Gasteiger partial charge in [-0.05, 0) is 101 Å². The maximum absolute atomic E-state index is 10.4. The first-order valence-corrected chi connectivity index (χ1v) is 26.1. The number of rotatable bonds is 4. The summed E-state index contributed by atoms with van der Waals surface area (Å²) >= 11 is 0. The molecule has 0 radical (unpaired) electrons. The summed E-state index contributed by atoms with van der Waals surface area (Å²) in [5, 5.41) is 41.6. The van der Waals surface area contributed by atoms with Gasteiger partial charge in [0.2, 0.25) is 0 Å². The molecule has 8 aromatic rings. The number of benzene rings is 4. The highest BCUT2D eigenvalue weighted by atomic mass is 16.3. The van der Waals surface area contributed by atoms with E-state index in [0.29, 0.717) is 23.7 Å². The first-order valence-electron chi connectivity index (χ1n) is 26.1. The predicted octanol–water partition coefficient (Wildman–Crippen LogP) is 10.5. The van der Waals surface area contributed by atoms with E-state index in [1.54, 1.807) is 0 Å². The monoisotopic (exact) mass is 961 g/mol. The fraction of sp³-hybridized carbons (Fsp3) is 0.400. The summed E-state index contributed by atoms with van der Waals surface area (Å²) in [5.74, 6) is 1.20. The van der Waals surface area contributed by atoms with Gasteiger partial charge in [-0.15, -0.1) is 0 Å². The molecule has 4 fully saturated rings. The average molecular weight is 961 g/mol. The number of aliphatic hydroxyl groups is 4. The summed E-state index contributed by atoms with van der Waals surface area (Å²) in [6.45, 7) is 7.83. The first-order chi connectivity index (χ1) is 34.7. The fourth-order valence-corrected chi connectivity index (χ4v) is 14.0. The lowest BCUT2D eigenvalue weighted by molar-refractivity contribution is -0.0927. The van der Waals surface area contributed by atoms with Crippen LogP contribution in [0.3, 0.4) is 0 Å². The lowest BCUT2D eigenvalue weighted by Gasteiger charge is -2.46.